The normalized spacial score (nSPS) is 14.2. The molecule has 1 aliphatic heterocycles. The predicted octanol–water partition coefficient (Wildman–Crippen LogP) is 1.80. The summed E-state index contributed by atoms with van der Waals surface area (Å²) in [6.45, 7) is 5.13. The van der Waals surface area contributed by atoms with Crippen molar-refractivity contribution in [2.75, 3.05) is 69.6 Å². The minimum Gasteiger partial charge on any atom is -0.493 e. The molecule has 3 heterocycles. The molecule has 0 radical (unpaired) electrons. The fourth-order valence-electron chi connectivity index (χ4n) is 3.46. The van der Waals surface area contributed by atoms with Crippen LogP contribution < -0.4 is 26.3 Å². The molecule has 5 N–H and O–H groups in total. The minimum absolute atomic E-state index is 0.167. The first-order chi connectivity index (χ1) is 16.6. The van der Waals surface area contributed by atoms with Gasteiger partial charge in [-0.2, -0.15) is 9.67 Å². The van der Waals surface area contributed by atoms with Crippen molar-refractivity contribution < 1.29 is 14.2 Å². The lowest BCUT2D eigenvalue weighted by molar-refractivity contribution is 0.0357. The molecule has 1 aromatic carbocycles. The van der Waals surface area contributed by atoms with E-state index in [1.807, 2.05) is 24.5 Å². The van der Waals surface area contributed by atoms with Crippen LogP contribution >= 0.6 is 11.8 Å². The van der Waals surface area contributed by atoms with Crippen LogP contribution in [0.2, 0.25) is 0 Å². The summed E-state index contributed by atoms with van der Waals surface area (Å²) < 4.78 is 18.2. The number of methoxy groups -OCH3 is 1. The summed E-state index contributed by atoms with van der Waals surface area (Å²) in [7, 11) is 1.60. The number of ether oxygens (including phenoxy) is 3. The lowest BCUT2D eigenvalue weighted by Crippen LogP contribution is -2.37. The van der Waals surface area contributed by atoms with E-state index in [4.69, 9.17) is 25.7 Å². The van der Waals surface area contributed by atoms with E-state index < -0.39 is 0 Å². The highest BCUT2D eigenvalue weighted by molar-refractivity contribution is 7.98. The third-order valence-electron chi connectivity index (χ3n) is 5.14. The number of rotatable bonds is 10. The van der Waals surface area contributed by atoms with Crippen molar-refractivity contribution in [2.24, 2.45) is 0 Å². The molecule has 1 saturated heterocycles. The van der Waals surface area contributed by atoms with Crippen molar-refractivity contribution >= 4 is 35.2 Å². The molecular formula is C21H29N9O3S. The van der Waals surface area contributed by atoms with Crippen LogP contribution in [0.5, 0.6) is 11.5 Å². The molecule has 0 aliphatic carbocycles. The third kappa shape index (κ3) is 5.98. The summed E-state index contributed by atoms with van der Waals surface area (Å²) in [6.07, 6.45) is 2.79. The zero-order valence-corrected chi connectivity index (χ0v) is 20.0. The summed E-state index contributed by atoms with van der Waals surface area (Å²) in [5, 5.41) is 8.06. The molecule has 4 rings (SSSR count). The molecule has 0 saturated carbocycles. The molecule has 3 aromatic rings. The van der Waals surface area contributed by atoms with Crippen molar-refractivity contribution in [1.29, 1.82) is 0 Å². The van der Waals surface area contributed by atoms with Gasteiger partial charge in [-0.15, -0.1) is 5.10 Å². The molecule has 34 heavy (non-hydrogen) atoms. The molecule has 0 amide bonds. The fraction of sp³-hybridized carbons (Fsp3) is 0.429. The van der Waals surface area contributed by atoms with Gasteiger partial charge < -0.3 is 31.0 Å². The molecule has 0 atom stereocenters. The lowest BCUT2D eigenvalue weighted by Gasteiger charge is -2.26. The number of nitrogens with zero attached hydrogens (tertiary/aromatic N) is 6. The van der Waals surface area contributed by atoms with Gasteiger partial charge >= 0.3 is 0 Å². The Morgan fingerprint density at radius 1 is 1.12 bits per heavy atom. The number of benzene rings is 1. The predicted molar refractivity (Wildman–Crippen MR) is 131 cm³/mol. The Morgan fingerprint density at radius 3 is 2.71 bits per heavy atom. The topological polar surface area (TPSA) is 151 Å². The van der Waals surface area contributed by atoms with Gasteiger partial charge in [0.1, 0.15) is 5.82 Å². The maximum Gasteiger partial charge on any atom is 0.248 e. The Balaban J connectivity index is 1.39. The van der Waals surface area contributed by atoms with E-state index in [2.05, 4.69) is 30.3 Å². The summed E-state index contributed by atoms with van der Waals surface area (Å²) in [4.78, 5) is 15.2. The number of nitrogen functional groups attached to an aromatic ring is 2. The average Bonchev–Trinajstić information content (AvgIpc) is 3.22. The van der Waals surface area contributed by atoms with Crippen molar-refractivity contribution in [3.05, 3.63) is 24.3 Å². The largest absolute Gasteiger partial charge is 0.493 e. The second kappa shape index (κ2) is 11.2. The second-order valence-corrected chi connectivity index (χ2v) is 8.26. The van der Waals surface area contributed by atoms with Crippen LogP contribution in [0.15, 0.2) is 29.4 Å². The van der Waals surface area contributed by atoms with Gasteiger partial charge in [0.05, 0.1) is 26.9 Å². The van der Waals surface area contributed by atoms with Crippen LogP contribution in [0.25, 0.3) is 5.82 Å². The highest BCUT2D eigenvalue weighted by atomic mass is 32.2. The quantitative estimate of drug-likeness (QED) is 0.217. The summed E-state index contributed by atoms with van der Waals surface area (Å²) in [5.41, 5.74) is 12.6. The standard InChI is InChI=1S/C21H29N9O3S/c1-31-16-12-14(4-5-15(16)33-9-3-6-29-7-10-32-11-8-29)24-20-27-19(23)30(28-20)18-13-17(22)25-21(26-18)34-2/h4-5,12-13H,3,6-11H2,1-2H3,(H2,22,25,26)(H3,23,24,27,28). The first-order valence-corrected chi connectivity index (χ1v) is 12.1. The maximum atomic E-state index is 6.06. The Bertz CT molecular complexity index is 1110. The summed E-state index contributed by atoms with van der Waals surface area (Å²) in [5.74, 6) is 2.52. The average molecular weight is 488 g/mol. The highest BCUT2D eigenvalue weighted by Crippen LogP contribution is 2.31. The summed E-state index contributed by atoms with van der Waals surface area (Å²) in [6, 6.07) is 7.13. The molecule has 2 aromatic heterocycles. The van der Waals surface area contributed by atoms with Crippen molar-refractivity contribution in [2.45, 2.75) is 11.6 Å². The van der Waals surface area contributed by atoms with Gasteiger partial charge in [0.2, 0.25) is 11.9 Å². The van der Waals surface area contributed by atoms with Gasteiger partial charge in [-0.3, -0.25) is 4.90 Å². The molecule has 0 bridgehead atoms. The number of anilines is 4. The third-order valence-corrected chi connectivity index (χ3v) is 5.69. The number of nitrogens with two attached hydrogens (primary N) is 2. The number of hydrogen-bond donors (Lipinski definition) is 3. The lowest BCUT2D eigenvalue weighted by atomic mass is 10.2. The number of morpholine rings is 1. The van der Waals surface area contributed by atoms with Crippen LogP contribution in [0.3, 0.4) is 0 Å². The van der Waals surface area contributed by atoms with Gasteiger partial charge in [-0.05, 0) is 24.8 Å². The molecule has 13 heteroatoms. The number of hydrogen-bond acceptors (Lipinski definition) is 12. The van der Waals surface area contributed by atoms with Crippen LogP contribution in [0.4, 0.5) is 23.4 Å². The van der Waals surface area contributed by atoms with Crippen LogP contribution in [-0.4, -0.2) is 82.5 Å². The molecule has 1 aliphatic rings. The smallest absolute Gasteiger partial charge is 0.248 e. The van der Waals surface area contributed by atoms with E-state index in [0.717, 1.165) is 45.0 Å². The van der Waals surface area contributed by atoms with E-state index in [1.54, 1.807) is 13.2 Å². The minimum atomic E-state index is 0.167. The van der Waals surface area contributed by atoms with Crippen molar-refractivity contribution in [1.82, 2.24) is 29.6 Å². The summed E-state index contributed by atoms with van der Waals surface area (Å²) >= 11 is 1.37. The molecule has 12 nitrogen and oxygen atoms in total. The van der Waals surface area contributed by atoms with Gasteiger partial charge in [-0.1, -0.05) is 11.8 Å². The van der Waals surface area contributed by atoms with Gasteiger partial charge in [0, 0.05) is 37.5 Å². The monoisotopic (exact) mass is 487 g/mol. The second-order valence-electron chi connectivity index (χ2n) is 7.49. The van der Waals surface area contributed by atoms with Crippen molar-refractivity contribution in [3.8, 4) is 17.3 Å². The fourth-order valence-corrected chi connectivity index (χ4v) is 3.85. The van der Waals surface area contributed by atoms with Crippen LogP contribution in [-0.2, 0) is 4.74 Å². The number of nitrogens with one attached hydrogen (secondary N) is 1. The first-order valence-electron chi connectivity index (χ1n) is 10.8. The van der Waals surface area contributed by atoms with Gasteiger partial charge in [0.25, 0.3) is 0 Å². The van der Waals surface area contributed by atoms with E-state index in [0.29, 0.717) is 40.8 Å². The molecule has 182 valence electrons. The first kappa shape index (κ1) is 23.9. The Labute approximate surface area is 202 Å². The van der Waals surface area contributed by atoms with E-state index in [-0.39, 0.29) is 5.95 Å². The molecule has 0 unspecified atom stereocenters. The van der Waals surface area contributed by atoms with Gasteiger partial charge in [0.15, 0.2) is 22.5 Å². The molecular weight excluding hydrogens is 458 g/mol. The molecule has 0 spiro atoms. The van der Waals surface area contributed by atoms with Crippen molar-refractivity contribution in [3.63, 3.8) is 0 Å². The zero-order valence-electron chi connectivity index (χ0n) is 19.2. The number of thioether (sulfide) groups is 1. The molecule has 1 fully saturated rings. The number of aromatic nitrogens is 5. The van der Waals surface area contributed by atoms with Crippen LogP contribution in [0.1, 0.15) is 6.42 Å². The van der Waals surface area contributed by atoms with E-state index in [9.17, 15) is 0 Å². The Morgan fingerprint density at radius 2 is 1.94 bits per heavy atom. The highest BCUT2D eigenvalue weighted by Gasteiger charge is 2.14. The Kier molecular flexibility index (Phi) is 7.87. The van der Waals surface area contributed by atoms with Crippen LogP contribution in [0, 0.1) is 0 Å². The van der Waals surface area contributed by atoms with E-state index in [1.165, 1.54) is 16.4 Å². The Hall–Kier alpha value is -3.29. The van der Waals surface area contributed by atoms with E-state index >= 15 is 0 Å². The maximum absolute atomic E-state index is 6.06. The SMILES string of the molecule is COc1cc(Nc2nc(N)n(-c3cc(N)nc(SC)n3)n2)ccc1OCCCN1CCOCC1. The van der Waals surface area contributed by atoms with Gasteiger partial charge in [-0.25, -0.2) is 9.97 Å². The zero-order chi connectivity index (χ0) is 23.9.